The standard InChI is InChI=1S/C14H20N4S/c15-8-12(10-4-2-1-3-5-10)18-13-11-6-7-19-14(11)17-9-16-13/h6-7,9-10,12H,1-5,8,15H2,(H,16,17,18). The highest BCUT2D eigenvalue weighted by Gasteiger charge is 2.23. The van der Waals surface area contributed by atoms with Crippen molar-refractivity contribution in [1.29, 1.82) is 0 Å². The zero-order valence-corrected chi connectivity index (χ0v) is 11.8. The van der Waals surface area contributed by atoms with E-state index in [1.54, 1.807) is 17.7 Å². The molecule has 0 aromatic carbocycles. The SMILES string of the molecule is NCC(Nc1ncnc2sccc12)C1CCCCC1. The van der Waals surface area contributed by atoms with Crippen LogP contribution >= 0.6 is 11.3 Å². The molecule has 1 atom stereocenters. The molecule has 1 saturated carbocycles. The molecule has 4 nitrogen and oxygen atoms in total. The summed E-state index contributed by atoms with van der Waals surface area (Å²) in [4.78, 5) is 9.71. The Hall–Kier alpha value is -1.20. The fourth-order valence-electron chi connectivity index (χ4n) is 2.99. The van der Waals surface area contributed by atoms with Crippen LogP contribution in [0.1, 0.15) is 32.1 Å². The minimum atomic E-state index is 0.332. The van der Waals surface area contributed by atoms with Crippen LogP contribution in [0.25, 0.3) is 10.2 Å². The molecule has 3 rings (SSSR count). The van der Waals surface area contributed by atoms with Crippen molar-refractivity contribution in [3.63, 3.8) is 0 Å². The van der Waals surface area contributed by atoms with Gasteiger partial charge in [-0.1, -0.05) is 19.3 Å². The summed E-state index contributed by atoms with van der Waals surface area (Å²) in [6.45, 7) is 0.667. The largest absolute Gasteiger partial charge is 0.365 e. The second kappa shape index (κ2) is 5.84. The molecule has 1 aliphatic carbocycles. The highest BCUT2D eigenvalue weighted by molar-refractivity contribution is 7.16. The van der Waals surface area contributed by atoms with Gasteiger partial charge in [-0.3, -0.25) is 0 Å². The number of thiophene rings is 1. The molecule has 0 saturated heterocycles. The van der Waals surface area contributed by atoms with E-state index in [0.717, 1.165) is 16.0 Å². The van der Waals surface area contributed by atoms with Gasteiger partial charge in [0.2, 0.25) is 0 Å². The number of rotatable bonds is 4. The number of nitrogens with one attached hydrogen (secondary N) is 1. The minimum Gasteiger partial charge on any atom is -0.365 e. The summed E-state index contributed by atoms with van der Waals surface area (Å²) >= 11 is 1.65. The van der Waals surface area contributed by atoms with Crippen molar-refractivity contribution in [3.05, 3.63) is 17.8 Å². The summed E-state index contributed by atoms with van der Waals surface area (Å²) in [5.74, 6) is 1.62. The average molecular weight is 276 g/mol. The third kappa shape index (κ3) is 2.72. The number of nitrogens with two attached hydrogens (primary N) is 1. The number of aromatic nitrogens is 2. The zero-order chi connectivity index (χ0) is 13.1. The van der Waals surface area contributed by atoms with Crippen molar-refractivity contribution in [2.75, 3.05) is 11.9 Å². The molecule has 2 aromatic rings. The van der Waals surface area contributed by atoms with Crippen LogP contribution < -0.4 is 11.1 Å². The van der Waals surface area contributed by atoms with Crippen molar-refractivity contribution < 1.29 is 0 Å². The van der Waals surface area contributed by atoms with E-state index in [1.165, 1.54) is 32.1 Å². The van der Waals surface area contributed by atoms with Crippen molar-refractivity contribution in [3.8, 4) is 0 Å². The first-order valence-electron chi connectivity index (χ1n) is 7.03. The van der Waals surface area contributed by atoms with Crippen LogP contribution in [-0.4, -0.2) is 22.6 Å². The fraction of sp³-hybridized carbons (Fsp3) is 0.571. The quantitative estimate of drug-likeness (QED) is 0.901. The van der Waals surface area contributed by atoms with Gasteiger partial charge in [-0.2, -0.15) is 0 Å². The molecule has 1 unspecified atom stereocenters. The Morgan fingerprint density at radius 3 is 2.95 bits per heavy atom. The number of hydrogen-bond acceptors (Lipinski definition) is 5. The fourth-order valence-corrected chi connectivity index (χ4v) is 3.72. The Kier molecular flexibility index (Phi) is 3.94. The van der Waals surface area contributed by atoms with Crippen molar-refractivity contribution in [2.24, 2.45) is 11.7 Å². The third-order valence-electron chi connectivity index (χ3n) is 4.06. The van der Waals surface area contributed by atoms with E-state index >= 15 is 0 Å². The summed E-state index contributed by atoms with van der Waals surface area (Å²) in [6, 6.07) is 2.41. The van der Waals surface area contributed by atoms with Crippen LogP contribution in [-0.2, 0) is 0 Å². The van der Waals surface area contributed by atoms with Crippen molar-refractivity contribution >= 4 is 27.4 Å². The van der Waals surface area contributed by atoms with Gasteiger partial charge in [-0.25, -0.2) is 9.97 Å². The van der Waals surface area contributed by atoms with Crippen LogP contribution in [0.15, 0.2) is 17.8 Å². The highest BCUT2D eigenvalue weighted by atomic mass is 32.1. The molecule has 1 fully saturated rings. The molecule has 0 radical (unpaired) electrons. The van der Waals surface area contributed by atoms with Gasteiger partial charge in [0.15, 0.2) is 0 Å². The summed E-state index contributed by atoms with van der Waals surface area (Å²) in [5, 5.41) is 6.73. The van der Waals surface area contributed by atoms with Gasteiger partial charge in [0.1, 0.15) is 17.0 Å². The summed E-state index contributed by atoms with van der Waals surface area (Å²) in [6.07, 6.45) is 8.24. The van der Waals surface area contributed by atoms with Gasteiger partial charge >= 0.3 is 0 Å². The monoisotopic (exact) mass is 276 g/mol. The van der Waals surface area contributed by atoms with E-state index in [0.29, 0.717) is 18.5 Å². The van der Waals surface area contributed by atoms with E-state index in [2.05, 4.69) is 26.7 Å². The predicted molar refractivity (Wildman–Crippen MR) is 80.5 cm³/mol. The Morgan fingerprint density at radius 2 is 2.16 bits per heavy atom. The van der Waals surface area contributed by atoms with Crippen LogP contribution in [0.5, 0.6) is 0 Å². The summed E-state index contributed by atoms with van der Waals surface area (Å²) in [5.41, 5.74) is 5.97. The molecule has 1 aliphatic rings. The van der Waals surface area contributed by atoms with Crippen molar-refractivity contribution in [1.82, 2.24) is 9.97 Å². The lowest BCUT2D eigenvalue weighted by molar-refractivity contribution is 0.320. The maximum absolute atomic E-state index is 5.97. The lowest BCUT2D eigenvalue weighted by atomic mass is 9.84. The van der Waals surface area contributed by atoms with Crippen molar-refractivity contribution in [2.45, 2.75) is 38.1 Å². The first-order valence-corrected chi connectivity index (χ1v) is 7.91. The molecule has 2 heterocycles. The molecule has 5 heteroatoms. The smallest absolute Gasteiger partial charge is 0.138 e. The molecule has 0 spiro atoms. The van der Waals surface area contributed by atoms with Gasteiger partial charge in [-0.15, -0.1) is 11.3 Å². The van der Waals surface area contributed by atoms with Gasteiger partial charge < -0.3 is 11.1 Å². The Bertz CT molecular complexity index is 533. The molecule has 0 amide bonds. The second-order valence-corrected chi connectivity index (χ2v) is 6.14. The molecule has 3 N–H and O–H groups in total. The summed E-state index contributed by atoms with van der Waals surface area (Å²) < 4.78 is 0. The van der Waals surface area contributed by atoms with Crippen LogP contribution in [0.4, 0.5) is 5.82 Å². The molecule has 0 bridgehead atoms. The molecular weight excluding hydrogens is 256 g/mol. The van der Waals surface area contributed by atoms with Gasteiger partial charge in [-0.05, 0) is 30.2 Å². The number of fused-ring (bicyclic) bond motifs is 1. The Labute approximate surface area is 117 Å². The second-order valence-electron chi connectivity index (χ2n) is 5.25. The van der Waals surface area contributed by atoms with E-state index in [1.807, 2.05) is 0 Å². The van der Waals surface area contributed by atoms with E-state index in [9.17, 15) is 0 Å². The topological polar surface area (TPSA) is 63.8 Å². The first-order chi connectivity index (χ1) is 9.38. The molecule has 102 valence electrons. The average Bonchev–Trinajstić information content (AvgIpc) is 2.95. The number of hydrogen-bond donors (Lipinski definition) is 2. The van der Waals surface area contributed by atoms with E-state index in [4.69, 9.17) is 5.73 Å². The van der Waals surface area contributed by atoms with Crippen LogP contribution in [0.3, 0.4) is 0 Å². The van der Waals surface area contributed by atoms with Gasteiger partial charge in [0.25, 0.3) is 0 Å². The lowest BCUT2D eigenvalue weighted by Gasteiger charge is -2.30. The van der Waals surface area contributed by atoms with E-state index < -0.39 is 0 Å². The Morgan fingerprint density at radius 1 is 1.32 bits per heavy atom. The van der Waals surface area contributed by atoms with Crippen LogP contribution in [0.2, 0.25) is 0 Å². The molecule has 0 aliphatic heterocycles. The normalized spacial score (nSPS) is 18.6. The molecule has 2 aromatic heterocycles. The van der Waals surface area contributed by atoms with Crippen LogP contribution in [0, 0.1) is 5.92 Å². The minimum absolute atomic E-state index is 0.332. The Balaban J connectivity index is 1.79. The summed E-state index contributed by atoms with van der Waals surface area (Å²) in [7, 11) is 0. The molecule has 19 heavy (non-hydrogen) atoms. The first kappa shape index (κ1) is 12.8. The number of nitrogens with zero attached hydrogens (tertiary/aromatic N) is 2. The van der Waals surface area contributed by atoms with Gasteiger partial charge in [0, 0.05) is 12.6 Å². The lowest BCUT2D eigenvalue weighted by Crippen LogP contribution is -2.37. The predicted octanol–water partition coefficient (Wildman–Crippen LogP) is 3.01. The zero-order valence-electron chi connectivity index (χ0n) is 11.0. The van der Waals surface area contributed by atoms with E-state index in [-0.39, 0.29) is 0 Å². The number of anilines is 1. The third-order valence-corrected chi connectivity index (χ3v) is 4.88. The molecular formula is C14H20N4S. The maximum Gasteiger partial charge on any atom is 0.138 e. The van der Waals surface area contributed by atoms with Gasteiger partial charge in [0.05, 0.1) is 5.39 Å². The highest BCUT2D eigenvalue weighted by Crippen LogP contribution is 2.30. The maximum atomic E-state index is 5.97.